The molecule has 6 heteroatoms. The monoisotopic (exact) mass is 301 g/mol. The van der Waals surface area contributed by atoms with Gasteiger partial charge in [-0.05, 0) is 38.0 Å². The molecule has 0 aliphatic rings. The molecule has 0 radical (unpaired) electrons. The Morgan fingerprint density at radius 1 is 1.32 bits per heavy atom. The lowest BCUT2D eigenvalue weighted by Gasteiger charge is -2.17. The summed E-state index contributed by atoms with van der Waals surface area (Å²) in [6, 6.07) is 7.27. The predicted molar refractivity (Wildman–Crippen MR) is 81.7 cm³/mol. The molecule has 0 aliphatic carbocycles. The van der Waals surface area contributed by atoms with E-state index in [0.29, 0.717) is 0 Å². The Kier molecular flexibility index (Phi) is 4.60. The lowest BCUT2D eigenvalue weighted by Crippen LogP contribution is -2.31. The van der Waals surface area contributed by atoms with Gasteiger partial charge in [0.25, 0.3) is 0 Å². The summed E-state index contributed by atoms with van der Waals surface area (Å²) in [6.45, 7) is 5.80. The van der Waals surface area contributed by atoms with Crippen molar-refractivity contribution in [3.8, 4) is 0 Å². The van der Waals surface area contributed by atoms with E-state index in [0.717, 1.165) is 11.1 Å². The second kappa shape index (κ2) is 6.43. The average Bonchev–Trinajstić information content (AvgIpc) is 2.86. The molecule has 1 aromatic carbocycles. The van der Waals surface area contributed by atoms with E-state index in [-0.39, 0.29) is 24.2 Å². The van der Waals surface area contributed by atoms with Crippen molar-refractivity contribution in [2.45, 2.75) is 33.4 Å². The largest absolute Gasteiger partial charge is 0.477 e. The molecule has 6 nitrogen and oxygen atoms in total. The van der Waals surface area contributed by atoms with Crippen LogP contribution in [-0.2, 0) is 11.3 Å². The summed E-state index contributed by atoms with van der Waals surface area (Å²) in [5.41, 5.74) is 3.31. The van der Waals surface area contributed by atoms with E-state index in [2.05, 4.69) is 16.5 Å². The van der Waals surface area contributed by atoms with Gasteiger partial charge < -0.3 is 10.4 Å². The van der Waals surface area contributed by atoms with Crippen LogP contribution in [0.3, 0.4) is 0 Å². The van der Waals surface area contributed by atoms with E-state index in [1.54, 1.807) is 0 Å². The highest BCUT2D eigenvalue weighted by Gasteiger charge is 2.16. The number of aromatic nitrogens is 2. The maximum atomic E-state index is 12.1. The third kappa shape index (κ3) is 3.52. The van der Waals surface area contributed by atoms with Gasteiger partial charge in [0.15, 0.2) is 0 Å². The number of aromatic carboxylic acids is 1. The number of hydrogen-bond donors (Lipinski definition) is 2. The Morgan fingerprint density at radius 3 is 2.68 bits per heavy atom. The Labute approximate surface area is 128 Å². The van der Waals surface area contributed by atoms with Crippen LogP contribution in [0.15, 0.2) is 30.5 Å². The van der Waals surface area contributed by atoms with Crippen LogP contribution < -0.4 is 5.32 Å². The minimum Gasteiger partial charge on any atom is -0.477 e. The summed E-state index contributed by atoms with van der Waals surface area (Å²) < 4.78 is 1.17. The SMILES string of the molecule is Cc1ccc(C(C)NC(=O)Cn2nccc2C(=O)O)c(C)c1. The van der Waals surface area contributed by atoms with Crippen LogP contribution in [0.2, 0.25) is 0 Å². The van der Waals surface area contributed by atoms with Gasteiger partial charge in [0, 0.05) is 6.20 Å². The molecule has 2 aromatic rings. The molecule has 1 atom stereocenters. The number of carbonyl (C=O) groups excluding carboxylic acids is 1. The van der Waals surface area contributed by atoms with Crippen molar-refractivity contribution in [1.29, 1.82) is 0 Å². The first-order valence-electron chi connectivity index (χ1n) is 7.00. The van der Waals surface area contributed by atoms with Crippen molar-refractivity contribution in [2.24, 2.45) is 0 Å². The van der Waals surface area contributed by atoms with Gasteiger partial charge in [0.1, 0.15) is 12.2 Å². The van der Waals surface area contributed by atoms with Gasteiger partial charge >= 0.3 is 5.97 Å². The molecule has 0 fully saturated rings. The van der Waals surface area contributed by atoms with Crippen LogP contribution in [0.1, 0.15) is 40.1 Å². The fraction of sp³-hybridized carbons (Fsp3) is 0.312. The van der Waals surface area contributed by atoms with Gasteiger partial charge in [-0.15, -0.1) is 0 Å². The minimum absolute atomic E-state index is 0.00526. The summed E-state index contributed by atoms with van der Waals surface area (Å²) in [5.74, 6) is -1.38. The standard InChI is InChI=1S/C16H19N3O3/c1-10-4-5-13(11(2)8-10)12(3)18-15(20)9-19-14(16(21)22)6-7-17-19/h4-8,12H,9H2,1-3H3,(H,18,20)(H,21,22). The second-order valence-electron chi connectivity index (χ2n) is 5.33. The van der Waals surface area contributed by atoms with E-state index in [1.165, 1.54) is 22.5 Å². The normalized spacial score (nSPS) is 12.0. The number of carboxylic acids is 1. The number of hydrogen-bond acceptors (Lipinski definition) is 3. The molecule has 22 heavy (non-hydrogen) atoms. The highest BCUT2D eigenvalue weighted by Crippen LogP contribution is 2.18. The quantitative estimate of drug-likeness (QED) is 0.885. The summed E-state index contributed by atoms with van der Waals surface area (Å²) >= 11 is 0. The summed E-state index contributed by atoms with van der Waals surface area (Å²) in [4.78, 5) is 23.1. The molecular weight excluding hydrogens is 282 g/mol. The van der Waals surface area contributed by atoms with Crippen molar-refractivity contribution in [3.05, 3.63) is 52.8 Å². The molecule has 1 aromatic heterocycles. The number of nitrogens with one attached hydrogen (secondary N) is 1. The van der Waals surface area contributed by atoms with Crippen molar-refractivity contribution in [3.63, 3.8) is 0 Å². The Hall–Kier alpha value is -2.63. The maximum Gasteiger partial charge on any atom is 0.354 e. The zero-order valence-corrected chi connectivity index (χ0v) is 12.8. The Balaban J connectivity index is 2.05. The van der Waals surface area contributed by atoms with Crippen LogP contribution in [0.25, 0.3) is 0 Å². The molecule has 0 bridgehead atoms. The Bertz CT molecular complexity index is 706. The number of carboxylic acid groups (broad SMARTS) is 1. The summed E-state index contributed by atoms with van der Waals surface area (Å²) in [5, 5.41) is 15.7. The molecule has 0 spiro atoms. The van der Waals surface area contributed by atoms with Crippen molar-refractivity contribution in [1.82, 2.24) is 15.1 Å². The number of carbonyl (C=O) groups is 2. The Morgan fingerprint density at radius 2 is 2.05 bits per heavy atom. The number of aryl methyl sites for hydroxylation is 2. The second-order valence-corrected chi connectivity index (χ2v) is 5.33. The van der Waals surface area contributed by atoms with Gasteiger partial charge in [0.05, 0.1) is 6.04 Å². The molecule has 1 amide bonds. The van der Waals surface area contributed by atoms with Crippen LogP contribution in [0.5, 0.6) is 0 Å². The number of nitrogens with zero attached hydrogens (tertiary/aromatic N) is 2. The van der Waals surface area contributed by atoms with Crippen LogP contribution in [0.4, 0.5) is 0 Å². The van der Waals surface area contributed by atoms with Gasteiger partial charge in [-0.1, -0.05) is 23.8 Å². The van der Waals surface area contributed by atoms with Gasteiger partial charge in [0.2, 0.25) is 5.91 Å². The fourth-order valence-corrected chi connectivity index (χ4v) is 2.45. The molecule has 2 rings (SSSR count). The van der Waals surface area contributed by atoms with E-state index < -0.39 is 5.97 Å². The molecule has 116 valence electrons. The highest BCUT2D eigenvalue weighted by molar-refractivity contribution is 5.86. The summed E-state index contributed by atoms with van der Waals surface area (Å²) in [7, 11) is 0. The van der Waals surface area contributed by atoms with Crippen molar-refractivity contribution >= 4 is 11.9 Å². The smallest absolute Gasteiger partial charge is 0.354 e. The zero-order valence-electron chi connectivity index (χ0n) is 12.8. The molecule has 0 aliphatic heterocycles. The van der Waals surface area contributed by atoms with Gasteiger partial charge in [-0.25, -0.2) is 9.48 Å². The number of rotatable bonds is 5. The van der Waals surface area contributed by atoms with Gasteiger partial charge in [-0.3, -0.25) is 4.79 Å². The predicted octanol–water partition coefficient (Wildman–Crippen LogP) is 2.08. The third-order valence-electron chi connectivity index (χ3n) is 3.50. The van der Waals surface area contributed by atoms with E-state index in [1.807, 2.05) is 32.9 Å². The minimum atomic E-state index is -1.10. The third-order valence-corrected chi connectivity index (χ3v) is 3.50. The molecule has 1 heterocycles. The first kappa shape index (κ1) is 15.8. The topological polar surface area (TPSA) is 84.2 Å². The average molecular weight is 301 g/mol. The van der Waals surface area contributed by atoms with E-state index in [9.17, 15) is 9.59 Å². The molecular formula is C16H19N3O3. The first-order valence-corrected chi connectivity index (χ1v) is 7.00. The van der Waals surface area contributed by atoms with Crippen LogP contribution in [-0.4, -0.2) is 26.8 Å². The lowest BCUT2D eigenvalue weighted by atomic mass is 10.0. The maximum absolute atomic E-state index is 12.1. The fourth-order valence-electron chi connectivity index (χ4n) is 2.45. The molecule has 0 saturated heterocycles. The first-order chi connectivity index (χ1) is 10.4. The van der Waals surface area contributed by atoms with Crippen LogP contribution >= 0.6 is 0 Å². The summed E-state index contributed by atoms with van der Waals surface area (Å²) in [6.07, 6.45) is 1.37. The van der Waals surface area contributed by atoms with Gasteiger partial charge in [-0.2, -0.15) is 5.10 Å². The molecule has 0 saturated carbocycles. The zero-order chi connectivity index (χ0) is 16.3. The molecule has 1 unspecified atom stereocenters. The number of benzene rings is 1. The van der Waals surface area contributed by atoms with Crippen molar-refractivity contribution in [2.75, 3.05) is 0 Å². The number of amides is 1. The van der Waals surface area contributed by atoms with E-state index >= 15 is 0 Å². The highest BCUT2D eigenvalue weighted by atomic mass is 16.4. The van der Waals surface area contributed by atoms with Crippen LogP contribution in [0, 0.1) is 13.8 Å². The van der Waals surface area contributed by atoms with E-state index in [4.69, 9.17) is 5.11 Å². The lowest BCUT2D eigenvalue weighted by molar-refractivity contribution is -0.122. The van der Waals surface area contributed by atoms with Crippen molar-refractivity contribution < 1.29 is 14.7 Å². The molecule has 2 N–H and O–H groups in total.